The molecule has 4 rings (SSSR count). The van der Waals surface area contributed by atoms with Gasteiger partial charge in [-0.3, -0.25) is 9.69 Å². The molecule has 0 aromatic heterocycles. The molecule has 35 heavy (non-hydrogen) atoms. The molecule has 0 unspecified atom stereocenters. The number of amides is 1. The lowest BCUT2D eigenvalue weighted by Crippen LogP contribution is -2.23. The average molecular weight is 527 g/mol. The predicted octanol–water partition coefficient (Wildman–Crippen LogP) is 7.38. The number of thioether (sulfide) groups is 1. The number of aliphatic imine (C=N–C) groups is 1. The summed E-state index contributed by atoms with van der Waals surface area (Å²) in [6.07, 6.45) is 2.70. The number of carbonyl (C=O) groups excluding carboxylic acids is 1. The number of likely N-dealkylation sites (N-methyl/N-ethyl adjacent to an activating group) is 1. The highest BCUT2D eigenvalue weighted by Gasteiger charge is 2.30. The molecule has 0 spiro atoms. The molecule has 0 bridgehead atoms. The third-order valence-electron chi connectivity index (χ3n) is 5.48. The number of benzene rings is 3. The van der Waals surface area contributed by atoms with Gasteiger partial charge < -0.3 is 9.47 Å². The summed E-state index contributed by atoms with van der Waals surface area (Å²) in [6, 6.07) is 18.8. The van der Waals surface area contributed by atoms with Gasteiger partial charge in [-0.15, -0.1) is 0 Å². The van der Waals surface area contributed by atoms with Gasteiger partial charge in [0.15, 0.2) is 16.7 Å². The number of ether oxygens (including phenoxy) is 2. The largest absolute Gasteiger partial charge is 0.493 e. The minimum absolute atomic E-state index is 0.0978. The summed E-state index contributed by atoms with van der Waals surface area (Å²) in [5, 5.41) is 1.76. The van der Waals surface area contributed by atoms with Crippen molar-refractivity contribution in [3.8, 4) is 11.5 Å². The van der Waals surface area contributed by atoms with Gasteiger partial charge in [-0.25, -0.2) is 4.99 Å². The number of para-hydroxylation sites is 1. The van der Waals surface area contributed by atoms with Gasteiger partial charge in [0, 0.05) is 22.7 Å². The van der Waals surface area contributed by atoms with Crippen molar-refractivity contribution in [3.63, 3.8) is 0 Å². The Balaban J connectivity index is 1.54. The molecule has 1 aliphatic heterocycles. The second-order valence-corrected chi connectivity index (χ2v) is 9.64. The molecular formula is C27H24Cl2N2O3S. The van der Waals surface area contributed by atoms with Crippen LogP contribution in [0.1, 0.15) is 23.6 Å². The van der Waals surface area contributed by atoms with Gasteiger partial charge in [0.2, 0.25) is 0 Å². The van der Waals surface area contributed by atoms with E-state index in [1.807, 2.05) is 54.6 Å². The van der Waals surface area contributed by atoms with Gasteiger partial charge in [0.1, 0.15) is 6.61 Å². The molecule has 0 aliphatic carbocycles. The van der Waals surface area contributed by atoms with Crippen molar-refractivity contribution in [2.24, 2.45) is 4.99 Å². The number of methoxy groups -OCH3 is 1. The number of halogens is 2. The maximum absolute atomic E-state index is 12.9. The summed E-state index contributed by atoms with van der Waals surface area (Å²) < 4.78 is 11.5. The quantitative estimate of drug-likeness (QED) is 0.301. The summed E-state index contributed by atoms with van der Waals surface area (Å²) in [5.41, 5.74) is 3.65. The Morgan fingerprint density at radius 3 is 2.57 bits per heavy atom. The van der Waals surface area contributed by atoms with Crippen LogP contribution in [-0.4, -0.2) is 30.1 Å². The molecule has 1 saturated heterocycles. The molecular weight excluding hydrogens is 503 g/mol. The van der Waals surface area contributed by atoms with Crippen LogP contribution in [0.25, 0.3) is 6.08 Å². The zero-order chi connectivity index (χ0) is 24.9. The summed E-state index contributed by atoms with van der Waals surface area (Å²) >= 11 is 13.6. The second kappa shape index (κ2) is 11.2. The number of amidine groups is 1. The Labute approximate surface area is 219 Å². The minimum Gasteiger partial charge on any atom is -0.493 e. The lowest BCUT2D eigenvalue weighted by atomic mass is 10.1. The minimum atomic E-state index is -0.0978. The Morgan fingerprint density at radius 1 is 1.03 bits per heavy atom. The smallest absolute Gasteiger partial charge is 0.266 e. The molecule has 3 aromatic rings. The van der Waals surface area contributed by atoms with Crippen molar-refractivity contribution in [1.82, 2.24) is 4.90 Å². The fraction of sp³-hybridized carbons (Fsp3) is 0.185. The number of carbonyl (C=O) groups is 1. The van der Waals surface area contributed by atoms with Gasteiger partial charge in [0.05, 0.1) is 17.7 Å². The van der Waals surface area contributed by atoms with Gasteiger partial charge >= 0.3 is 0 Å². The normalized spacial score (nSPS) is 15.8. The fourth-order valence-electron chi connectivity index (χ4n) is 3.51. The van der Waals surface area contributed by atoms with E-state index in [0.29, 0.717) is 31.6 Å². The van der Waals surface area contributed by atoms with Crippen molar-refractivity contribution >= 4 is 57.8 Å². The zero-order valence-electron chi connectivity index (χ0n) is 19.5. The molecule has 0 saturated carbocycles. The van der Waals surface area contributed by atoms with Crippen LogP contribution in [0.4, 0.5) is 5.69 Å². The first-order valence-electron chi connectivity index (χ1n) is 11.0. The first-order chi connectivity index (χ1) is 16.9. The molecule has 1 aliphatic rings. The summed E-state index contributed by atoms with van der Waals surface area (Å²) in [4.78, 5) is 19.8. The number of nitrogens with zero attached hydrogens (tertiary/aromatic N) is 2. The van der Waals surface area contributed by atoms with E-state index < -0.39 is 0 Å². The van der Waals surface area contributed by atoms with Crippen LogP contribution in [0, 0.1) is 0 Å². The monoisotopic (exact) mass is 526 g/mol. The van der Waals surface area contributed by atoms with Gasteiger partial charge in [-0.05, 0) is 65.7 Å². The van der Waals surface area contributed by atoms with Crippen LogP contribution >= 0.6 is 35.0 Å². The van der Waals surface area contributed by atoms with Crippen LogP contribution in [-0.2, 0) is 17.8 Å². The Morgan fingerprint density at radius 2 is 1.83 bits per heavy atom. The predicted molar refractivity (Wildman–Crippen MR) is 145 cm³/mol. The molecule has 180 valence electrons. The van der Waals surface area contributed by atoms with Crippen molar-refractivity contribution in [2.75, 3.05) is 14.2 Å². The third kappa shape index (κ3) is 5.84. The third-order valence-corrected chi connectivity index (χ3v) is 7.12. The zero-order valence-corrected chi connectivity index (χ0v) is 21.9. The van der Waals surface area contributed by atoms with Crippen LogP contribution < -0.4 is 9.47 Å². The molecule has 0 atom stereocenters. The molecule has 8 heteroatoms. The summed E-state index contributed by atoms with van der Waals surface area (Å²) in [7, 11) is 3.32. The van der Waals surface area contributed by atoms with E-state index in [1.54, 1.807) is 31.2 Å². The summed E-state index contributed by atoms with van der Waals surface area (Å²) in [5.74, 6) is 1.03. The van der Waals surface area contributed by atoms with E-state index in [9.17, 15) is 4.79 Å². The highest BCUT2D eigenvalue weighted by Crippen LogP contribution is 2.36. The van der Waals surface area contributed by atoms with Crippen molar-refractivity contribution in [3.05, 3.63) is 92.3 Å². The Bertz CT molecular complexity index is 1320. The van der Waals surface area contributed by atoms with Crippen LogP contribution in [0.5, 0.6) is 11.5 Å². The van der Waals surface area contributed by atoms with Crippen molar-refractivity contribution in [1.29, 1.82) is 0 Å². The highest BCUT2D eigenvalue weighted by molar-refractivity contribution is 8.18. The molecule has 5 nitrogen and oxygen atoms in total. The van der Waals surface area contributed by atoms with E-state index in [1.165, 1.54) is 11.8 Å². The van der Waals surface area contributed by atoms with Crippen molar-refractivity contribution < 1.29 is 14.3 Å². The van der Waals surface area contributed by atoms with E-state index in [2.05, 4.69) is 6.92 Å². The Kier molecular flexibility index (Phi) is 8.06. The number of aryl methyl sites for hydroxylation is 1. The van der Waals surface area contributed by atoms with E-state index in [-0.39, 0.29) is 12.5 Å². The molecule has 0 N–H and O–H groups in total. The Hall–Kier alpha value is -2.93. The van der Waals surface area contributed by atoms with Gasteiger partial charge in [0.25, 0.3) is 5.91 Å². The first kappa shape index (κ1) is 25.2. The van der Waals surface area contributed by atoms with Crippen LogP contribution in [0.3, 0.4) is 0 Å². The maximum Gasteiger partial charge on any atom is 0.266 e. The lowest BCUT2D eigenvalue weighted by Gasteiger charge is -2.12. The first-order valence-corrected chi connectivity index (χ1v) is 12.6. The molecule has 1 amide bonds. The average Bonchev–Trinajstić information content (AvgIpc) is 3.12. The molecule has 1 fully saturated rings. The molecule has 1 heterocycles. The summed E-state index contributed by atoms with van der Waals surface area (Å²) in [6.45, 7) is 2.36. The standard InChI is InChI=1S/C27H24Cl2N2O3S/c1-4-18-7-5-6-8-22(18)30-27-31(2)26(32)25(35-27)14-17-9-12-23(24(13-17)33-3)34-16-19-10-11-20(28)15-21(19)29/h5-15H,4,16H2,1-3H3/b25-14+,30-27?. The molecule has 3 aromatic carbocycles. The van der Waals surface area contributed by atoms with E-state index in [4.69, 9.17) is 37.7 Å². The van der Waals surface area contributed by atoms with Crippen LogP contribution in [0.15, 0.2) is 70.6 Å². The van der Waals surface area contributed by atoms with Gasteiger partial charge in [-0.1, -0.05) is 60.5 Å². The van der Waals surface area contributed by atoms with Crippen molar-refractivity contribution in [2.45, 2.75) is 20.0 Å². The number of rotatable bonds is 7. The maximum atomic E-state index is 12.9. The number of hydrogen-bond acceptors (Lipinski definition) is 5. The second-order valence-electron chi connectivity index (χ2n) is 7.79. The highest BCUT2D eigenvalue weighted by atomic mass is 35.5. The number of hydrogen-bond donors (Lipinski definition) is 0. The fourth-order valence-corrected chi connectivity index (χ4v) is 4.96. The van der Waals surface area contributed by atoms with Gasteiger partial charge in [-0.2, -0.15) is 0 Å². The van der Waals surface area contributed by atoms with Crippen LogP contribution in [0.2, 0.25) is 10.0 Å². The lowest BCUT2D eigenvalue weighted by molar-refractivity contribution is -0.121. The molecule has 0 radical (unpaired) electrons. The van der Waals surface area contributed by atoms with E-state index >= 15 is 0 Å². The topological polar surface area (TPSA) is 51.1 Å². The van der Waals surface area contributed by atoms with E-state index in [0.717, 1.165) is 28.8 Å². The SMILES string of the molecule is CCc1ccccc1N=C1S/C(=C/c2ccc(OCc3ccc(Cl)cc3Cl)c(OC)c2)C(=O)N1C.